The highest BCUT2D eigenvalue weighted by Gasteiger charge is 2.19. The average molecular weight is 216 g/mol. The van der Waals surface area contributed by atoms with Gasteiger partial charge in [-0.3, -0.25) is 0 Å². The Bertz CT molecular complexity index is 129. The van der Waals surface area contributed by atoms with Crippen molar-refractivity contribution in [3.05, 3.63) is 0 Å². The van der Waals surface area contributed by atoms with E-state index < -0.39 is 8.32 Å². The lowest BCUT2D eigenvalue weighted by Gasteiger charge is -2.26. The summed E-state index contributed by atoms with van der Waals surface area (Å²) >= 11 is 0. The Labute approximate surface area is 91.4 Å². The van der Waals surface area contributed by atoms with Crippen LogP contribution in [0.3, 0.4) is 0 Å². The van der Waals surface area contributed by atoms with Gasteiger partial charge in [-0.15, -0.1) is 0 Å². The highest BCUT2D eigenvalue weighted by Crippen LogP contribution is 2.17. The van der Waals surface area contributed by atoms with E-state index in [4.69, 9.17) is 4.43 Å². The number of unbranched alkanes of at least 4 members (excludes halogenated alkanes) is 2. The Balaban J connectivity index is 3.77. The molecule has 0 radical (unpaired) electrons. The third kappa shape index (κ3) is 8.76. The Morgan fingerprint density at radius 2 is 1.57 bits per heavy atom. The van der Waals surface area contributed by atoms with Gasteiger partial charge in [0.05, 0.1) is 0 Å². The van der Waals surface area contributed by atoms with E-state index in [2.05, 4.69) is 33.5 Å². The minimum Gasteiger partial charge on any atom is -0.415 e. The molecule has 0 fully saturated rings. The fourth-order valence-corrected chi connectivity index (χ4v) is 2.94. The van der Waals surface area contributed by atoms with Crippen LogP contribution in [0.4, 0.5) is 0 Å². The van der Waals surface area contributed by atoms with Crippen molar-refractivity contribution in [2.24, 2.45) is 0 Å². The van der Waals surface area contributed by atoms with Crippen LogP contribution in [0.1, 0.15) is 52.4 Å². The summed E-state index contributed by atoms with van der Waals surface area (Å²) in [5.74, 6) is 0. The van der Waals surface area contributed by atoms with Gasteiger partial charge in [0.2, 0.25) is 0 Å². The monoisotopic (exact) mass is 216 g/mol. The van der Waals surface area contributed by atoms with Crippen molar-refractivity contribution < 1.29 is 4.43 Å². The molecule has 1 unspecified atom stereocenters. The summed E-state index contributed by atoms with van der Waals surface area (Å²) < 4.78 is 6.16. The standard InChI is InChI=1S/C12H28OSi/c1-6-8-9-11-12(10-7-2)13-14(3,4)5/h12H,6-11H2,1-5H3. The lowest BCUT2D eigenvalue weighted by atomic mass is 10.1. The Morgan fingerprint density at radius 1 is 0.929 bits per heavy atom. The van der Waals surface area contributed by atoms with Gasteiger partial charge in [-0.05, 0) is 32.5 Å². The van der Waals surface area contributed by atoms with E-state index in [1.807, 2.05) is 0 Å². The predicted molar refractivity (Wildman–Crippen MR) is 67.3 cm³/mol. The van der Waals surface area contributed by atoms with Crippen molar-refractivity contribution in [1.29, 1.82) is 0 Å². The van der Waals surface area contributed by atoms with Crippen molar-refractivity contribution >= 4 is 8.32 Å². The molecule has 1 nitrogen and oxygen atoms in total. The van der Waals surface area contributed by atoms with Gasteiger partial charge in [0.25, 0.3) is 0 Å². The van der Waals surface area contributed by atoms with Gasteiger partial charge in [-0.2, -0.15) is 0 Å². The smallest absolute Gasteiger partial charge is 0.184 e. The molecule has 86 valence electrons. The maximum atomic E-state index is 6.16. The zero-order valence-electron chi connectivity index (χ0n) is 10.7. The van der Waals surface area contributed by atoms with Crippen LogP contribution in [0.15, 0.2) is 0 Å². The summed E-state index contributed by atoms with van der Waals surface area (Å²) in [6.07, 6.45) is 8.31. The molecule has 2 heteroatoms. The molecule has 0 amide bonds. The maximum absolute atomic E-state index is 6.16. The largest absolute Gasteiger partial charge is 0.415 e. The van der Waals surface area contributed by atoms with E-state index in [1.54, 1.807) is 0 Å². The molecule has 0 rings (SSSR count). The summed E-state index contributed by atoms with van der Waals surface area (Å²) in [5, 5.41) is 0. The van der Waals surface area contributed by atoms with Crippen LogP contribution in [-0.4, -0.2) is 14.4 Å². The van der Waals surface area contributed by atoms with Crippen LogP contribution >= 0.6 is 0 Å². The van der Waals surface area contributed by atoms with Gasteiger partial charge >= 0.3 is 0 Å². The average Bonchev–Trinajstić information content (AvgIpc) is 2.02. The molecule has 0 aromatic carbocycles. The molecule has 0 aliphatic carbocycles. The van der Waals surface area contributed by atoms with Gasteiger partial charge in [0, 0.05) is 6.10 Å². The van der Waals surface area contributed by atoms with Gasteiger partial charge in [-0.25, -0.2) is 0 Å². The summed E-state index contributed by atoms with van der Waals surface area (Å²) in [4.78, 5) is 0. The molecular weight excluding hydrogens is 188 g/mol. The first-order valence-corrected chi connectivity index (χ1v) is 9.58. The first-order valence-electron chi connectivity index (χ1n) is 6.17. The van der Waals surface area contributed by atoms with Crippen LogP contribution in [0.5, 0.6) is 0 Å². The number of hydrogen-bond acceptors (Lipinski definition) is 1. The Morgan fingerprint density at radius 3 is 2.00 bits per heavy atom. The molecule has 0 heterocycles. The van der Waals surface area contributed by atoms with Crippen LogP contribution in [0.2, 0.25) is 19.6 Å². The van der Waals surface area contributed by atoms with Crippen molar-refractivity contribution in [3.8, 4) is 0 Å². The number of rotatable bonds is 8. The maximum Gasteiger partial charge on any atom is 0.184 e. The van der Waals surface area contributed by atoms with E-state index in [0.29, 0.717) is 6.10 Å². The normalized spacial score (nSPS) is 14.4. The third-order valence-electron chi connectivity index (χ3n) is 2.26. The van der Waals surface area contributed by atoms with Gasteiger partial charge in [-0.1, -0.05) is 39.5 Å². The first kappa shape index (κ1) is 14.2. The minimum atomic E-state index is -1.32. The molecule has 1 atom stereocenters. The second-order valence-electron chi connectivity index (χ2n) is 5.14. The molecular formula is C12H28OSi. The highest BCUT2D eigenvalue weighted by molar-refractivity contribution is 6.69. The molecule has 0 bridgehead atoms. The van der Waals surface area contributed by atoms with Crippen LogP contribution in [-0.2, 0) is 4.43 Å². The van der Waals surface area contributed by atoms with Crippen molar-refractivity contribution in [2.45, 2.75) is 78.1 Å². The van der Waals surface area contributed by atoms with Gasteiger partial charge in [0.1, 0.15) is 0 Å². The predicted octanol–water partition coefficient (Wildman–Crippen LogP) is 4.59. The summed E-state index contributed by atoms with van der Waals surface area (Å²) in [5.41, 5.74) is 0. The topological polar surface area (TPSA) is 9.23 Å². The molecule has 0 aromatic heterocycles. The Hall–Kier alpha value is 0.177. The van der Waals surface area contributed by atoms with E-state index in [0.717, 1.165) is 0 Å². The Kier molecular flexibility index (Phi) is 7.56. The van der Waals surface area contributed by atoms with Crippen LogP contribution in [0, 0.1) is 0 Å². The fraction of sp³-hybridized carbons (Fsp3) is 1.00. The molecule has 0 N–H and O–H groups in total. The minimum absolute atomic E-state index is 0.540. The summed E-state index contributed by atoms with van der Waals surface area (Å²) in [7, 11) is -1.32. The second kappa shape index (κ2) is 7.47. The summed E-state index contributed by atoms with van der Waals surface area (Å²) in [6.45, 7) is 11.4. The lowest BCUT2D eigenvalue weighted by Crippen LogP contribution is -2.32. The molecule has 0 aliphatic rings. The third-order valence-corrected chi connectivity index (χ3v) is 3.30. The van der Waals surface area contributed by atoms with E-state index in [-0.39, 0.29) is 0 Å². The van der Waals surface area contributed by atoms with Crippen molar-refractivity contribution in [2.75, 3.05) is 0 Å². The van der Waals surface area contributed by atoms with E-state index in [9.17, 15) is 0 Å². The van der Waals surface area contributed by atoms with Crippen molar-refractivity contribution in [3.63, 3.8) is 0 Å². The molecule has 0 saturated heterocycles. The zero-order valence-corrected chi connectivity index (χ0v) is 11.7. The van der Waals surface area contributed by atoms with Crippen LogP contribution < -0.4 is 0 Å². The summed E-state index contributed by atoms with van der Waals surface area (Å²) in [6, 6.07) is 0. The second-order valence-corrected chi connectivity index (χ2v) is 9.60. The first-order chi connectivity index (χ1) is 6.49. The van der Waals surface area contributed by atoms with Crippen molar-refractivity contribution in [1.82, 2.24) is 0 Å². The molecule has 0 saturated carbocycles. The highest BCUT2D eigenvalue weighted by atomic mass is 28.4. The van der Waals surface area contributed by atoms with Gasteiger partial charge in [0.15, 0.2) is 8.32 Å². The lowest BCUT2D eigenvalue weighted by molar-refractivity contribution is 0.168. The quantitative estimate of drug-likeness (QED) is 0.426. The van der Waals surface area contributed by atoms with Crippen LogP contribution in [0.25, 0.3) is 0 Å². The van der Waals surface area contributed by atoms with E-state index >= 15 is 0 Å². The molecule has 0 aromatic rings. The molecule has 0 aliphatic heterocycles. The molecule has 14 heavy (non-hydrogen) atoms. The molecule has 0 spiro atoms. The zero-order chi connectivity index (χ0) is 11.0. The fourth-order valence-electron chi connectivity index (χ4n) is 1.71. The number of hydrogen-bond donors (Lipinski definition) is 0. The van der Waals surface area contributed by atoms with E-state index in [1.165, 1.54) is 38.5 Å². The van der Waals surface area contributed by atoms with Gasteiger partial charge < -0.3 is 4.43 Å². The SMILES string of the molecule is CCCCCC(CCC)O[Si](C)(C)C.